The van der Waals surface area contributed by atoms with Crippen LogP contribution >= 0.6 is 0 Å². The SMILES string of the molecule is COc1ccc(C2=N/C(=C\c3ccc(-c4ccccc4F)o3)C(=O)O2)cc1[N+](=O)[O-]. The van der Waals surface area contributed by atoms with E-state index < -0.39 is 16.7 Å². The first-order valence-corrected chi connectivity index (χ1v) is 8.66. The Balaban J connectivity index is 1.65. The van der Waals surface area contributed by atoms with E-state index in [1.165, 1.54) is 37.5 Å². The van der Waals surface area contributed by atoms with E-state index in [2.05, 4.69) is 4.99 Å². The zero-order valence-electron chi connectivity index (χ0n) is 15.5. The number of methoxy groups -OCH3 is 1. The second-order valence-corrected chi connectivity index (χ2v) is 6.16. The number of nitrogens with zero attached hydrogens (tertiary/aromatic N) is 2. The number of hydrogen-bond acceptors (Lipinski definition) is 7. The largest absolute Gasteiger partial charge is 0.490 e. The van der Waals surface area contributed by atoms with Crippen molar-refractivity contribution >= 4 is 23.6 Å². The Bertz CT molecular complexity index is 1230. The van der Waals surface area contributed by atoms with E-state index in [1.807, 2.05) is 0 Å². The average Bonchev–Trinajstić information content (AvgIpc) is 3.35. The molecule has 0 saturated carbocycles. The summed E-state index contributed by atoms with van der Waals surface area (Å²) in [5.41, 5.74) is 0.182. The van der Waals surface area contributed by atoms with Gasteiger partial charge in [-0.15, -0.1) is 0 Å². The lowest BCUT2D eigenvalue weighted by atomic mass is 10.1. The van der Waals surface area contributed by atoms with Gasteiger partial charge in [0.25, 0.3) is 0 Å². The van der Waals surface area contributed by atoms with Crippen molar-refractivity contribution in [3.8, 4) is 17.1 Å². The van der Waals surface area contributed by atoms with Crippen molar-refractivity contribution in [1.29, 1.82) is 0 Å². The topological polar surface area (TPSA) is 104 Å². The summed E-state index contributed by atoms with van der Waals surface area (Å²) in [6.07, 6.45) is 1.34. The molecule has 0 aliphatic carbocycles. The normalized spacial score (nSPS) is 14.5. The van der Waals surface area contributed by atoms with Crippen LogP contribution in [0.5, 0.6) is 5.75 Å². The number of cyclic esters (lactones) is 1. The highest BCUT2D eigenvalue weighted by molar-refractivity contribution is 6.13. The molecule has 1 aliphatic rings. The van der Waals surface area contributed by atoms with Gasteiger partial charge in [0, 0.05) is 17.7 Å². The molecule has 1 aromatic heterocycles. The van der Waals surface area contributed by atoms with Gasteiger partial charge in [-0.1, -0.05) is 12.1 Å². The number of esters is 1. The predicted octanol–water partition coefficient (Wildman–Crippen LogP) is 4.35. The molecule has 2 heterocycles. The number of nitro groups is 1. The van der Waals surface area contributed by atoms with Gasteiger partial charge in [-0.05, 0) is 36.4 Å². The minimum Gasteiger partial charge on any atom is -0.490 e. The Morgan fingerprint density at radius 3 is 2.70 bits per heavy atom. The Morgan fingerprint density at radius 2 is 1.97 bits per heavy atom. The standard InChI is InChI=1S/C21H13FN2O6/c1-28-19-8-6-12(10-17(19)24(26)27)20-23-16(21(25)30-20)11-13-7-9-18(29-13)14-4-2-3-5-15(14)22/h2-11H,1H3/b16-11-. The highest BCUT2D eigenvalue weighted by atomic mass is 19.1. The number of hydrogen-bond donors (Lipinski definition) is 0. The van der Waals surface area contributed by atoms with Gasteiger partial charge in [-0.2, -0.15) is 0 Å². The Hall–Kier alpha value is -4.27. The van der Waals surface area contributed by atoms with Crippen LogP contribution in [0.1, 0.15) is 11.3 Å². The molecule has 0 bridgehead atoms. The van der Waals surface area contributed by atoms with Gasteiger partial charge < -0.3 is 13.9 Å². The number of rotatable bonds is 5. The lowest BCUT2D eigenvalue weighted by molar-refractivity contribution is -0.385. The molecule has 0 saturated heterocycles. The molecule has 0 amide bonds. The number of ether oxygens (including phenoxy) is 2. The summed E-state index contributed by atoms with van der Waals surface area (Å²) in [7, 11) is 1.31. The average molecular weight is 408 g/mol. The number of carbonyl (C=O) groups is 1. The molecular weight excluding hydrogens is 395 g/mol. The first-order valence-electron chi connectivity index (χ1n) is 8.66. The lowest BCUT2D eigenvalue weighted by Crippen LogP contribution is -2.06. The fraction of sp³-hybridized carbons (Fsp3) is 0.0476. The maximum atomic E-state index is 13.9. The fourth-order valence-corrected chi connectivity index (χ4v) is 2.87. The van der Waals surface area contributed by atoms with E-state index in [0.29, 0.717) is 5.76 Å². The van der Waals surface area contributed by atoms with Crippen LogP contribution in [0.3, 0.4) is 0 Å². The third-order valence-electron chi connectivity index (χ3n) is 4.29. The minimum absolute atomic E-state index is 0.0575. The number of carbonyl (C=O) groups excluding carboxylic acids is 1. The van der Waals surface area contributed by atoms with Crippen molar-refractivity contribution < 1.29 is 28.0 Å². The molecule has 30 heavy (non-hydrogen) atoms. The van der Waals surface area contributed by atoms with Crippen LogP contribution in [0, 0.1) is 15.9 Å². The molecule has 2 aromatic carbocycles. The van der Waals surface area contributed by atoms with Gasteiger partial charge in [-0.25, -0.2) is 14.2 Å². The maximum absolute atomic E-state index is 13.9. The van der Waals surface area contributed by atoms with E-state index in [9.17, 15) is 19.3 Å². The molecule has 0 atom stereocenters. The molecule has 3 aromatic rings. The molecule has 4 rings (SSSR count). The smallest absolute Gasteiger partial charge is 0.363 e. The predicted molar refractivity (Wildman–Crippen MR) is 104 cm³/mol. The lowest BCUT2D eigenvalue weighted by Gasteiger charge is -2.03. The fourth-order valence-electron chi connectivity index (χ4n) is 2.87. The third kappa shape index (κ3) is 3.55. The molecule has 1 aliphatic heterocycles. The molecule has 0 fully saturated rings. The summed E-state index contributed by atoms with van der Waals surface area (Å²) in [4.78, 5) is 26.8. The van der Waals surface area contributed by atoms with Crippen LogP contribution in [0.25, 0.3) is 17.4 Å². The van der Waals surface area contributed by atoms with Crippen molar-refractivity contribution in [2.75, 3.05) is 7.11 Å². The summed E-state index contributed by atoms with van der Waals surface area (Å²) < 4.78 is 29.6. The van der Waals surface area contributed by atoms with Gasteiger partial charge in [0.2, 0.25) is 5.90 Å². The monoisotopic (exact) mass is 408 g/mol. The van der Waals surface area contributed by atoms with Gasteiger partial charge >= 0.3 is 11.7 Å². The molecule has 8 nitrogen and oxygen atoms in total. The highest BCUT2D eigenvalue weighted by Crippen LogP contribution is 2.30. The van der Waals surface area contributed by atoms with Crippen molar-refractivity contribution in [2.45, 2.75) is 0 Å². The summed E-state index contributed by atoms with van der Waals surface area (Å²) in [5, 5.41) is 11.2. The zero-order valence-corrected chi connectivity index (χ0v) is 15.5. The van der Waals surface area contributed by atoms with Gasteiger partial charge in [0.05, 0.1) is 17.6 Å². The van der Waals surface area contributed by atoms with Crippen molar-refractivity contribution in [2.24, 2.45) is 4.99 Å². The van der Waals surface area contributed by atoms with Crippen LogP contribution in [0.2, 0.25) is 0 Å². The van der Waals surface area contributed by atoms with Gasteiger partial charge in [-0.3, -0.25) is 10.1 Å². The van der Waals surface area contributed by atoms with E-state index in [-0.39, 0.29) is 39.9 Å². The molecule has 9 heteroatoms. The number of benzene rings is 2. The molecule has 0 radical (unpaired) electrons. The van der Waals surface area contributed by atoms with E-state index in [4.69, 9.17) is 13.9 Å². The molecular formula is C21H13FN2O6. The number of halogens is 1. The second-order valence-electron chi connectivity index (χ2n) is 6.16. The van der Waals surface area contributed by atoms with Crippen molar-refractivity contribution in [1.82, 2.24) is 0 Å². The van der Waals surface area contributed by atoms with Crippen molar-refractivity contribution in [3.05, 3.63) is 87.5 Å². The van der Waals surface area contributed by atoms with Gasteiger partial charge in [0.1, 0.15) is 17.3 Å². The zero-order chi connectivity index (χ0) is 21.3. The van der Waals surface area contributed by atoms with Crippen LogP contribution in [0.4, 0.5) is 10.1 Å². The molecule has 0 spiro atoms. The highest BCUT2D eigenvalue weighted by Gasteiger charge is 2.27. The van der Waals surface area contributed by atoms with E-state index in [0.717, 1.165) is 0 Å². The van der Waals surface area contributed by atoms with Crippen molar-refractivity contribution in [3.63, 3.8) is 0 Å². The van der Waals surface area contributed by atoms with E-state index in [1.54, 1.807) is 30.3 Å². The Morgan fingerprint density at radius 1 is 1.17 bits per heavy atom. The first-order chi connectivity index (χ1) is 14.5. The van der Waals surface area contributed by atoms with Crippen LogP contribution < -0.4 is 4.74 Å². The molecule has 0 unspecified atom stereocenters. The van der Waals surface area contributed by atoms with Gasteiger partial charge in [0.15, 0.2) is 11.4 Å². The number of nitro benzene ring substituents is 1. The Kier molecular flexibility index (Phi) is 4.85. The van der Waals surface area contributed by atoms with Crippen LogP contribution in [-0.2, 0) is 9.53 Å². The molecule has 150 valence electrons. The summed E-state index contributed by atoms with van der Waals surface area (Å²) >= 11 is 0. The summed E-state index contributed by atoms with van der Waals surface area (Å²) in [5.74, 6) is -0.633. The summed E-state index contributed by atoms with van der Waals surface area (Å²) in [6, 6.07) is 13.4. The first kappa shape index (κ1) is 19.1. The number of furan rings is 1. The third-order valence-corrected chi connectivity index (χ3v) is 4.29. The minimum atomic E-state index is -0.743. The Labute approximate surface area is 169 Å². The molecule has 0 N–H and O–H groups in total. The van der Waals surface area contributed by atoms with E-state index >= 15 is 0 Å². The second kappa shape index (κ2) is 7.63. The van der Waals surface area contributed by atoms with Crippen LogP contribution in [0.15, 0.2) is 69.7 Å². The summed E-state index contributed by atoms with van der Waals surface area (Å²) in [6.45, 7) is 0. The van der Waals surface area contributed by atoms with Crippen LogP contribution in [-0.4, -0.2) is 23.9 Å². The quantitative estimate of drug-likeness (QED) is 0.269. The number of aliphatic imine (C=N–C) groups is 1. The maximum Gasteiger partial charge on any atom is 0.363 e.